The first-order valence-electron chi connectivity index (χ1n) is 6.95. The van der Waals surface area contributed by atoms with Crippen molar-refractivity contribution in [3.8, 4) is 5.75 Å². The molecule has 0 fully saturated rings. The van der Waals surface area contributed by atoms with Gasteiger partial charge in [-0.2, -0.15) is 0 Å². The van der Waals surface area contributed by atoms with Crippen molar-refractivity contribution in [3.05, 3.63) is 50.1 Å². The monoisotopic (exact) mass is 343 g/mol. The van der Waals surface area contributed by atoms with Crippen LogP contribution < -0.4 is 10.1 Å². The lowest BCUT2D eigenvalue weighted by Gasteiger charge is -2.21. The molecule has 0 aliphatic carbocycles. The van der Waals surface area contributed by atoms with Crippen LogP contribution in [0.2, 0.25) is 9.36 Å². The third kappa shape index (κ3) is 4.62. The van der Waals surface area contributed by atoms with Gasteiger partial charge in [0, 0.05) is 27.9 Å². The van der Waals surface area contributed by atoms with Crippen LogP contribution in [0.25, 0.3) is 0 Å². The molecule has 0 aliphatic rings. The first kappa shape index (κ1) is 16.6. The number of benzene rings is 1. The summed E-state index contributed by atoms with van der Waals surface area (Å²) in [5.41, 5.74) is 1.12. The smallest absolute Gasteiger partial charge is 0.125 e. The molecule has 0 bridgehead atoms. The highest BCUT2D eigenvalue weighted by molar-refractivity contribution is 7.16. The number of methoxy groups -OCH3 is 1. The number of thiophene rings is 1. The summed E-state index contributed by atoms with van der Waals surface area (Å²) in [6.45, 7) is 3.11. The molecule has 2 nitrogen and oxygen atoms in total. The molecule has 1 atom stereocenters. The predicted octanol–water partition coefficient (Wildman–Crippen LogP) is 5.35. The van der Waals surface area contributed by atoms with Gasteiger partial charge in [-0.1, -0.05) is 36.2 Å². The Bertz CT molecular complexity index is 585. The van der Waals surface area contributed by atoms with E-state index in [0.717, 1.165) is 35.0 Å². The molecule has 0 amide bonds. The molecule has 1 heterocycles. The molecule has 1 unspecified atom stereocenters. The van der Waals surface area contributed by atoms with Gasteiger partial charge < -0.3 is 10.1 Å². The van der Waals surface area contributed by atoms with Gasteiger partial charge >= 0.3 is 0 Å². The van der Waals surface area contributed by atoms with Crippen molar-refractivity contribution in [3.63, 3.8) is 0 Å². The molecule has 114 valence electrons. The second kappa shape index (κ2) is 8.04. The van der Waals surface area contributed by atoms with E-state index in [4.69, 9.17) is 27.9 Å². The van der Waals surface area contributed by atoms with Crippen LogP contribution in [0.1, 0.15) is 29.8 Å². The van der Waals surface area contributed by atoms with Crippen molar-refractivity contribution in [2.45, 2.75) is 25.8 Å². The Balaban J connectivity index is 2.26. The van der Waals surface area contributed by atoms with Crippen LogP contribution in [0.15, 0.2) is 30.3 Å². The highest BCUT2D eigenvalue weighted by atomic mass is 35.5. The Hall–Kier alpha value is -0.740. The van der Waals surface area contributed by atoms with E-state index >= 15 is 0 Å². The van der Waals surface area contributed by atoms with Gasteiger partial charge in [0.25, 0.3) is 0 Å². The number of hydrogen-bond donors (Lipinski definition) is 1. The van der Waals surface area contributed by atoms with Crippen molar-refractivity contribution >= 4 is 34.5 Å². The fraction of sp³-hybridized carbons (Fsp3) is 0.375. The van der Waals surface area contributed by atoms with Crippen LogP contribution in [-0.4, -0.2) is 13.7 Å². The fourth-order valence-corrected chi connectivity index (χ4v) is 3.54. The van der Waals surface area contributed by atoms with Gasteiger partial charge in [0.1, 0.15) is 5.75 Å². The van der Waals surface area contributed by atoms with Gasteiger partial charge in [-0.05, 0) is 37.2 Å². The molecule has 0 spiro atoms. The van der Waals surface area contributed by atoms with Crippen molar-refractivity contribution in [1.82, 2.24) is 5.32 Å². The van der Waals surface area contributed by atoms with Crippen LogP contribution in [0.5, 0.6) is 5.75 Å². The van der Waals surface area contributed by atoms with E-state index in [-0.39, 0.29) is 6.04 Å². The van der Waals surface area contributed by atoms with Crippen LogP contribution >= 0.6 is 34.5 Å². The van der Waals surface area contributed by atoms with E-state index in [9.17, 15) is 0 Å². The van der Waals surface area contributed by atoms with Crippen molar-refractivity contribution in [2.75, 3.05) is 13.7 Å². The average molecular weight is 344 g/mol. The van der Waals surface area contributed by atoms with Crippen molar-refractivity contribution in [1.29, 1.82) is 0 Å². The minimum absolute atomic E-state index is 0.187. The summed E-state index contributed by atoms with van der Waals surface area (Å²) in [5, 5.41) is 4.26. The summed E-state index contributed by atoms with van der Waals surface area (Å²) in [7, 11) is 1.67. The third-order valence-corrected chi connectivity index (χ3v) is 4.73. The zero-order chi connectivity index (χ0) is 15.2. The van der Waals surface area contributed by atoms with Crippen molar-refractivity contribution < 1.29 is 4.74 Å². The fourth-order valence-electron chi connectivity index (χ4n) is 2.25. The highest BCUT2D eigenvalue weighted by Gasteiger charge is 2.17. The SMILES string of the molecule is CCCNC(Cc1ccc(Cl)s1)c1ccc(Cl)cc1OC. The van der Waals surface area contributed by atoms with Crippen LogP contribution in [0.3, 0.4) is 0 Å². The molecule has 2 rings (SSSR count). The van der Waals surface area contributed by atoms with E-state index in [2.05, 4.69) is 18.3 Å². The second-order valence-corrected chi connectivity index (χ2v) is 7.04. The van der Waals surface area contributed by atoms with Gasteiger partial charge in [-0.15, -0.1) is 11.3 Å². The van der Waals surface area contributed by atoms with Gasteiger partial charge in [-0.3, -0.25) is 0 Å². The number of halogens is 2. The molecular weight excluding hydrogens is 325 g/mol. The molecule has 1 aromatic carbocycles. The lowest BCUT2D eigenvalue weighted by atomic mass is 10.0. The summed E-state index contributed by atoms with van der Waals surface area (Å²) in [6, 6.07) is 10.0. The molecule has 5 heteroatoms. The van der Waals surface area contributed by atoms with E-state index < -0.39 is 0 Å². The number of ether oxygens (including phenoxy) is 1. The van der Waals surface area contributed by atoms with Gasteiger partial charge in [0.2, 0.25) is 0 Å². The Morgan fingerprint density at radius 1 is 1.24 bits per heavy atom. The normalized spacial score (nSPS) is 12.4. The second-order valence-electron chi connectivity index (χ2n) is 4.80. The zero-order valence-corrected chi connectivity index (χ0v) is 14.5. The van der Waals surface area contributed by atoms with E-state index in [1.165, 1.54) is 4.88 Å². The molecule has 1 aromatic heterocycles. The molecule has 0 saturated heterocycles. The minimum Gasteiger partial charge on any atom is -0.496 e. The predicted molar refractivity (Wildman–Crippen MR) is 92.1 cm³/mol. The average Bonchev–Trinajstić information content (AvgIpc) is 2.88. The Morgan fingerprint density at radius 3 is 2.67 bits per heavy atom. The van der Waals surface area contributed by atoms with Gasteiger partial charge in [0.05, 0.1) is 11.4 Å². The summed E-state index contributed by atoms with van der Waals surface area (Å²) < 4.78 is 6.30. The third-order valence-electron chi connectivity index (χ3n) is 3.25. The Morgan fingerprint density at radius 2 is 2.05 bits per heavy atom. The van der Waals surface area contributed by atoms with Crippen LogP contribution in [0, 0.1) is 0 Å². The zero-order valence-electron chi connectivity index (χ0n) is 12.2. The summed E-state index contributed by atoms with van der Waals surface area (Å²) in [6.07, 6.45) is 1.97. The molecule has 1 N–H and O–H groups in total. The molecule has 2 aromatic rings. The minimum atomic E-state index is 0.187. The lowest BCUT2D eigenvalue weighted by Crippen LogP contribution is -2.24. The lowest BCUT2D eigenvalue weighted by molar-refractivity contribution is 0.398. The Kier molecular flexibility index (Phi) is 6.37. The summed E-state index contributed by atoms with van der Waals surface area (Å²) in [4.78, 5) is 1.26. The molecule has 0 radical (unpaired) electrons. The van der Waals surface area contributed by atoms with Gasteiger partial charge in [-0.25, -0.2) is 0 Å². The molecular formula is C16H19Cl2NOS. The van der Waals surface area contributed by atoms with E-state index in [1.807, 2.05) is 24.3 Å². The molecule has 0 saturated carbocycles. The Labute approximate surface area is 140 Å². The van der Waals surface area contributed by atoms with E-state index in [1.54, 1.807) is 18.4 Å². The maximum Gasteiger partial charge on any atom is 0.125 e. The first-order chi connectivity index (χ1) is 10.1. The standard InChI is InChI=1S/C16H19Cl2NOS/c1-3-8-19-14(10-12-5-7-16(18)21-12)13-6-4-11(17)9-15(13)20-2/h4-7,9,14,19H,3,8,10H2,1-2H3. The maximum atomic E-state index is 6.05. The molecule has 21 heavy (non-hydrogen) atoms. The highest BCUT2D eigenvalue weighted by Crippen LogP contribution is 2.32. The van der Waals surface area contributed by atoms with Crippen molar-refractivity contribution in [2.24, 2.45) is 0 Å². The largest absolute Gasteiger partial charge is 0.496 e. The van der Waals surface area contributed by atoms with Gasteiger partial charge in [0.15, 0.2) is 0 Å². The van der Waals surface area contributed by atoms with Crippen LogP contribution in [-0.2, 0) is 6.42 Å². The topological polar surface area (TPSA) is 21.3 Å². The maximum absolute atomic E-state index is 6.05. The van der Waals surface area contributed by atoms with Crippen LogP contribution in [0.4, 0.5) is 0 Å². The first-order valence-corrected chi connectivity index (χ1v) is 8.52. The summed E-state index contributed by atoms with van der Waals surface area (Å²) >= 11 is 13.7. The van der Waals surface area contributed by atoms with E-state index in [0.29, 0.717) is 5.02 Å². The molecule has 0 aliphatic heterocycles. The number of nitrogens with one attached hydrogen (secondary N) is 1. The summed E-state index contributed by atoms with van der Waals surface area (Å²) in [5.74, 6) is 0.818. The quantitative estimate of drug-likeness (QED) is 0.731. The number of rotatable bonds is 7. The number of hydrogen-bond acceptors (Lipinski definition) is 3.